The Morgan fingerprint density at radius 3 is 2.23 bits per heavy atom. The lowest BCUT2D eigenvalue weighted by Gasteiger charge is -2.31. The van der Waals surface area contributed by atoms with E-state index in [1.807, 2.05) is 0 Å². The Labute approximate surface area is 154 Å². The van der Waals surface area contributed by atoms with E-state index >= 15 is 0 Å². The quantitative estimate of drug-likeness (QED) is 0.849. The molecular formula is C18H25N3O4S. The standard InChI is InChI=1S/C18H25N3O4S/c19-17(22)15-5-4-10-20(13-15)18(23)14-6-8-16(9-7-14)26(24,25)21-11-2-1-3-12-21/h6-9,15H,1-5,10-13H2,(H2,19,22)/t15-/m1/s1. The van der Waals surface area contributed by atoms with E-state index in [4.69, 9.17) is 5.73 Å². The largest absolute Gasteiger partial charge is 0.369 e. The van der Waals surface area contributed by atoms with Crippen molar-refractivity contribution >= 4 is 21.8 Å². The van der Waals surface area contributed by atoms with Gasteiger partial charge in [0.1, 0.15) is 0 Å². The Bertz CT molecular complexity index is 770. The van der Waals surface area contributed by atoms with Crippen LogP contribution in [0.15, 0.2) is 29.2 Å². The second-order valence-electron chi connectivity index (χ2n) is 6.98. The van der Waals surface area contributed by atoms with Gasteiger partial charge in [-0.1, -0.05) is 6.42 Å². The van der Waals surface area contributed by atoms with E-state index in [-0.39, 0.29) is 22.6 Å². The van der Waals surface area contributed by atoms with Crippen LogP contribution in [0, 0.1) is 5.92 Å². The van der Waals surface area contributed by atoms with Crippen LogP contribution in [-0.4, -0.2) is 55.6 Å². The zero-order chi connectivity index (χ0) is 18.7. The predicted octanol–water partition coefficient (Wildman–Crippen LogP) is 1.20. The molecule has 2 N–H and O–H groups in total. The minimum atomic E-state index is -3.50. The van der Waals surface area contributed by atoms with Crippen molar-refractivity contribution in [1.82, 2.24) is 9.21 Å². The number of amides is 2. The molecular weight excluding hydrogens is 354 g/mol. The van der Waals surface area contributed by atoms with Crippen molar-refractivity contribution < 1.29 is 18.0 Å². The smallest absolute Gasteiger partial charge is 0.253 e. The summed E-state index contributed by atoms with van der Waals surface area (Å²) in [6, 6.07) is 6.08. The van der Waals surface area contributed by atoms with Gasteiger partial charge in [0, 0.05) is 31.7 Å². The maximum Gasteiger partial charge on any atom is 0.253 e. The summed E-state index contributed by atoms with van der Waals surface area (Å²) in [5, 5.41) is 0. The zero-order valence-corrected chi connectivity index (χ0v) is 15.6. The molecule has 2 amide bonds. The topological polar surface area (TPSA) is 101 Å². The molecule has 3 rings (SSSR count). The summed E-state index contributed by atoms with van der Waals surface area (Å²) in [5.41, 5.74) is 5.78. The minimum absolute atomic E-state index is 0.196. The van der Waals surface area contributed by atoms with Crippen molar-refractivity contribution in [3.63, 3.8) is 0 Å². The number of hydrogen-bond acceptors (Lipinski definition) is 4. The second kappa shape index (κ2) is 7.75. The molecule has 142 valence electrons. The predicted molar refractivity (Wildman–Crippen MR) is 96.9 cm³/mol. The van der Waals surface area contributed by atoms with Crippen LogP contribution >= 0.6 is 0 Å². The van der Waals surface area contributed by atoms with Gasteiger partial charge in [-0.15, -0.1) is 0 Å². The summed E-state index contributed by atoms with van der Waals surface area (Å²) in [5.74, 6) is -0.894. The number of nitrogens with zero attached hydrogens (tertiary/aromatic N) is 2. The molecule has 2 aliphatic heterocycles. The monoisotopic (exact) mass is 379 g/mol. The number of hydrogen-bond donors (Lipinski definition) is 1. The summed E-state index contributed by atoms with van der Waals surface area (Å²) in [6.07, 6.45) is 4.26. The second-order valence-corrected chi connectivity index (χ2v) is 8.92. The number of piperidine rings is 2. The molecule has 2 heterocycles. The third kappa shape index (κ3) is 3.91. The molecule has 1 aromatic carbocycles. The fourth-order valence-electron chi connectivity index (χ4n) is 3.60. The number of carbonyl (C=O) groups excluding carboxylic acids is 2. The van der Waals surface area contributed by atoms with Crippen molar-refractivity contribution in [3.8, 4) is 0 Å². The maximum absolute atomic E-state index is 12.7. The fourth-order valence-corrected chi connectivity index (χ4v) is 5.12. The number of benzene rings is 1. The molecule has 8 heteroatoms. The number of likely N-dealkylation sites (tertiary alicyclic amines) is 1. The van der Waals surface area contributed by atoms with Crippen LogP contribution in [0.2, 0.25) is 0 Å². The van der Waals surface area contributed by atoms with Gasteiger partial charge in [-0.3, -0.25) is 9.59 Å². The lowest BCUT2D eigenvalue weighted by atomic mass is 9.97. The highest BCUT2D eigenvalue weighted by atomic mass is 32.2. The Morgan fingerprint density at radius 2 is 1.62 bits per heavy atom. The first kappa shape index (κ1) is 18.8. The third-order valence-corrected chi connectivity index (χ3v) is 7.08. The van der Waals surface area contributed by atoms with E-state index in [9.17, 15) is 18.0 Å². The molecule has 2 saturated heterocycles. The van der Waals surface area contributed by atoms with Gasteiger partial charge >= 0.3 is 0 Å². The Hall–Kier alpha value is -1.93. The van der Waals surface area contributed by atoms with E-state index < -0.39 is 10.0 Å². The van der Waals surface area contributed by atoms with Gasteiger partial charge in [-0.05, 0) is 49.9 Å². The highest BCUT2D eigenvalue weighted by Gasteiger charge is 2.29. The molecule has 1 atom stereocenters. The first-order valence-corrected chi connectivity index (χ1v) is 10.5. The molecule has 2 aliphatic rings. The lowest BCUT2D eigenvalue weighted by molar-refractivity contribution is -0.123. The van der Waals surface area contributed by atoms with E-state index in [1.165, 1.54) is 16.4 Å². The Kier molecular flexibility index (Phi) is 5.62. The molecule has 0 unspecified atom stereocenters. The number of rotatable bonds is 4. The van der Waals surface area contributed by atoms with Gasteiger partial charge in [-0.2, -0.15) is 4.31 Å². The van der Waals surface area contributed by atoms with E-state index in [1.54, 1.807) is 17.0 Å². The molecule has 0 saturated carbocycles. The van der Waals surface area contributed by atoms with E-state index in [0.717, 1.165) is 25.7 Å². The highest BCUT2D eigenvalue weighted by molar-refractivity contribution is 7.89. The van der Waals surface area contributed by atoms with Gasteiger partial charge in [-0.25, -0.2) is 8.42 Å². The van der Waals surface area contributed by atoms with Crippen LogP contribution < -0.4 is 5.73 Å². The summed E-state index contributed by atoms with van der Waals surface area (Å²) in [7, 11) is -3.50. The van der Waals surface area contributed by atoms with Gasteiger partial charge in [0.25, 0.3) is 5.91 Å². The first-order valence-electron chi connectivity index (χ1n) is 9.08. The van der Waals surface area contributed by atoms with Crippen molar-refractivity contribution in [2.24, 2.45) is 11.7 Å². The first-order chi connectivity index (χ1) is 12.4. The van der Waals surface area contributed by atoms with Crippen molar-refractivity contribution in [2.75, 3.05) is 26.2 Å². The van der Waals surface area contributed by atoms with Gasteiger partial charge < -0.3 is 10.6 Å². The van der Waals surface area contributed by atoms with Crippen LogP contribution in [-0.2, 0) is 14.8 Å². The average Bonchev–Trinajstić information content (AvgIpc) is 2.68. The molecule has 0 radical (unpaired) electrons. The summed E-state index contributed by atoms with van der Waals surface area (Å²) < 4.78 is 26.8. The van der Waals surface area contributed by atoms with Crippen molar-refractivity contribution in [3.05, 3.63) is 29.8 Å². The highest BCUT2D eigenvalue weighted by Crippen LogP contribution is 2.22. The van der Waals surface area contributed by atoms with Crippen LogP contribution in [0.5, 0.6) is 0 Å². The lowest BCUT2D eigenvalue weighted by Crippen LogP contribution is -2.44. The fraction of sp³-hybridized carbons (Fsp3) is 0.556. The van der Waals surface area contributed by atoms with Crippen LogP contribution in [0.1, 0.15) is 42.5 Å². The number of nitrogens with two attached hydrogens (primary N) is 1. The van der Waals surface area contributed by atoms with E-state index in [2.05, 4.69) is 0 Å². The van der Waals surface area contributed by atoms with Crippen LogP contribution in [0.3, 0.4) is 0 Å². The number of carbonyl (C=O) groups is 2. The number of sulfonamides is 1. The molecule has 0 bridgehead atoms. The van der Waals surface area contributed by atoms with Gasteiger partial charge in [0.2, 0.25) is 15.9 Å². The maximum atomic E-state index is 12.7. The Balaban J connectivity index is 1.72. The van der Waals surface area contributed by atoms with Crippen LogP contribution in [0.25, 0.3) is 0 Å². The molecule has 0 aliphatic carbocycles. The van der Waals surface area contributed by atoms with Crippen LogP contribution in [0.4, 0.5) is 0 Å². The van der Waals surface area contributed by atoms with E-state index in [0.29, 0.717) is 38.2 Å². The minimum Gasteiger partial charge on any atom is -0.369 e. The normalized spacial score (nSPS) is 22.2. The van der Waals surface area contributed by atoms with Gasteiger partial charge in [0.05, 0.1) is 10.8 Å². The molecule has 1 aromatic rings. The Morgan fingerprint density at radius 1 is 0.962 bits per heavy atom. The third-order valence-electron chi connectivity index (χ3n) is 5.17. The SMILES string of the molecule is NC(=O)[C@@H]1CCCN(C(=O)c2ccc(S(=O)(=O)N3CCCCC3)cc2)C1. The molecule has 2 fully saturated rings. The molecule has 0 aromatic heterocycles. The van der Waals surface area contributed by atoms with Crippen molar-refractivity contribution in [2.45, 2.75) is 37.0 Å². The number of primary amides is 1. The summed E-state index contributed by atoms with van der Waals surface area (Å²) in [6.45, 7) is 2.00. The van der Waals surface area contributed by atoms with Crippen molar-refractivity contribution in [1.29, 1.82) is 0 Å². The molecule has 7 nitrogen and oxygen atoms in total. The van der Waals surface area contributed by atoms with Gasteiger partial charge in [0.15, 0.2) is 0 Å². The molecule has 0 spiro atoms. The molecule has 26 heavy (non-hydrogen) atoms. The summed E-state index contributed by atoms with van der Waals surface area (Å²) in [4.78, 5) is 25.9. The zero-order valence-electron chi connectivity index (χ0n) is 14.8. The average molecular weight is 379 g/mol. The summed E-state index contributed by atoms with van der Waals surface area (Å²) >= 11 is 0.